The van der Waals surface area contributed by atoms with Gasteiger partial charge in [-0.1, -0.05) is 6.07 Å². The van der Waals surface area contributed by atoms with Gasteiger partial charge in [0.05, 0.1) is 0 Å². The Kier molecular flexibility index (Phi) is 2.80. The van der Waals surface area contributed by atoms with Crippen molar-refractivity contribution in [3.63, 3.8) is 0 Å². The fraction of sp³-hybridized carbons (Fsp3) is 0. The Balaban J connectivity index is 2.37. The van der Waals surface area contributed by atoms with Crippen molar-refractivity contribution in [2.45, 2.75) is 4.21 Å². The molecule has 84 valence electrons. The van der Waals surface area contributed by atoms with Crippen LogP contribution in [0.5, 0.6) is 0 Å². The molecule has 0 spiro atoms. The third kappa shape index (κ3) is 2.15. The van der Waals surface area contributed by atoms with Gasteiger partial charge >= 0.3 is 0 Å². The lowest BCUT2D eigenvalue weighted by Crippen LogP contribution is -2.18. The van der Waals surface area contributed by atoms with Crippen LogP contribution in [-0.4, -0.2) is 13.4 Å². The van der Waals surface area contributed by atoms with Crippen molar-refractivity contribution in [3.8, 4) is 0 Å². The maximum Gasteiger partial charge on any atom is 0.272 e. The Morgan fingerprint density at radius 2 is 2.06 bits per heavy atom. The predicted molar refractivity (Wildman–Crippen MR) is 62.2 cm³/mol. The second-order valence-electron chi connectivity index (χ2n) is 2.95. The predicted octanol–water partition coefficient (Wildman–Crippen LogP) is 1.24. The zero-order chi connectivity index (χ0) is 11.6. The summed E-state index contributed by atoms with van der Waals surface area (Å²) in [6, 6.07) is 6.07. The lowest BCUT2D eigenvalue weighted by Gasteiger charge is -2.04. The Bertz CT molecular complexity index is 629. The molecule has 0 atom stereocenters. The van der Waals surface area contributed by atoms with Gasteiger partial charge in [-0.25, -0.2) is 8.42 Å². The number of H-pyrrole nitrogens is 1. The highest BCUT2D eigenvalue weighted by molar-refractivity contribution is 7.94. The van der Waals surface area contributed by atoms with Gasteiger partial charge in [-0.3, -0.25) is 9.52 Å². The number of aromatic nitrogens is 1. The van der Waals surface area contributed by atoms with Crippen molar-refractivity contribution in [3.05, 3.63) is 46.2 Å². The van der Waals surface area contributed by atoms with Crippen molar-refractivity contribution in [2.24, 2.45) is 0 Å². The Labute approximate surface area is 95.8 Å². The minimum atomic E-state index is -3.64. The summed E-state index contributed by atoms with van der Waals surface area (Å²) < 4.78 is 25.9. The summed E-state index contributed by atoms with van der Waals surface area (Å²) in [6.45, 7) is 0. The van der Waals surface area contributed by atoms with Gasteiger partial charge in [0.25, 0.3) is 15.6 Å². The van der Waals surface area contributed by atoms with E-state index in [9.17, 15) is 13.2 Å². The van der Waals surface area contributed by atoms with Crippen molar-refractivity contribution in [2.75, 3.05) is 4.72 Å². The van der Waals surface area contributed by atoms with Crippen LogP contribution in [0.1, 0.15) is 0 Å². The van der Waals surface area contributed by atoms with E-state index in [1.807, 2.05) is 0 Å². The summed E-state index contributed by atoms with van der Waals surface area (Å²) >= 11 is 1.09. The molecule has 0 aliphatic heterocycles. The molecule has 0 aliphatic rings. The molecule has 2 N–H and O–H groups in total. The van der Waals surface area contributed by atoms with Gasteiger partial charge in [0.1, 0.15) is 9.90 Å². The maximum absolute atomic E-state index is 11.8. The molecule has 2 heterocycles. The van der Waals surface area contributed by atoms with Crippen LogP contribution < -0.4 is 10.3 Å². The molecule has 0 saturated heterocycles. The van der Waals surface area contributed by atoms with Gasteiger partial charge in [0.15, 0.2) is 0 Å². The van der Waals surface area contributed by atoms with E-state index in [0.717, 1.165) is 11.3 Å². The number of pyridine rings is 1. The van der Waals surface area contributed by atoms with Crippen LogP contribution in [0.4, 0.5) is 5.69 Å². The second kappa shape index (κ2) is 4.11. The smallest absolute Gasteiger partial charge is 0.272 e. The molecule has 5 nitrogen and oxygen atoms in total. The van der Waals surface area contributed by atoms with Crippen molar-refractivity contribution < 1.29 is 8.42 Å². The number of rotatable bonds is 3. The zero-order valence-electron chi connectivity index (χ0n) is 8.01. The molecule has 0 unspecified atom stereocenters. The normalized spacial score (nSPS) is 11.2. The third-order valence-corrected chi connectivity index (χ3v) is 4.59. The van der Waals surface area contributed by atoms with E-state index >= 15 is 0 Å². The minimum absolute atomic E-state index is 0.0101. The summed E-state index contributed by atoms with van der Waals surface area (Å²) in [4.78, 5) is 13.7. The first kappa shape index (κ1) is 10.9. The number of sulfonamides is 1. The van der Waals surface area contributed by atoms with Crippen LogP contribution in [0.3, 0.4) is 0 Å². The van der Waals surface area contributed by atoms with Gasteiger partial charge in [0, 0.05) is 6.20 Å². The van der Waals surface area contributed by atoms with Crippen molar-refractivity contribution >= 4 is 27.0 Å². The average molecular weight is 256 g/mol. The van der Waals surface area contributed by atoms with E-state index in [1.54, 1.807) is 17.5 Å². The summed E-state index contributed by atoms with van der Waals surface area (Å²) in [5, 5.41) is 1.66. The van der Waals surface area contributed by atoms with Crippen LogP contribution in [0.25, 0.3) is 0 Å². The average Bonchev–Trinajstić information content (AvgIpc) is 2.75. The first-order valence-corrected chi connectivity index (χ1v) is 6.70. The molecule has 0 saturated carbocycles. The van der Waals surface area contributed by atoms with E-state index < -0.39 is 15.6 Å². The SMILES string of the molecule is O=c1[nH]cccc1NS(=O)(=O)c1cccs1. The number of thiophene rings is 1. The van der Waals surface area contributed by atoms with E-state index in [4.69, 9.17) is 0 Å². The Morgan fingerprint density at radius 3 is 2.69 bits per heavy atom. The topological polar surface area (TPSA) is 79.0 Å². The summed E-state index contributed by atoms with van der Waals surface area (Å²) in [5.74, 6) is 0. The quantitative estimate of drug-likeness (QED) is 0.867. The van der Waals surface area contributed by atoms with Crippen LogP contribution >= 0.6 is 11.3 Å². The summed E-state index contributed by atoms with van der Waals surface area (Å²) in [7, 11) is -3.64. The molecule has 2 aromatic rings. The van der Waals surface area contributed by atoms with Crippen molar-refractivity contribution in [1.82, 2.24) is 4.98 Å². The standard InChI is InChI=1S/C9H8N2O3S2/c12-9-7(3-1-5-10-9)11-16(13,14)8-4-2-6-15-8/h1-6,11H,(H,10,12). The summed E-state index contributed by atoms with van der Waals surface area (Å²) in [6.07, 6.45) is 1.44. The maximum atomic E-state index is 11.8. The zero-order valence-corrected chi connectivity index (χ0v) is 9.64. The molecule has 0 fully saturated rings. The Morgan fingerprint density at radius 1 is 1.25 bits per heavy atom. The summed E-state index contributed by atoms with van der Waals surface area (Å²) in [5.41, 5.74) is -0.460. The lowest BCUT2D eigenvalue weighted by atomic mass is 10.4. The number of hydrogen-bond acceptors (Lipinski definition) is 4. The fourth-order valence-corrected chi connectivity index (χ4v) is 3.17. The minimum Gasteiger partial charge on any atom is -0.327 e. The molecule has 0 aromatic carbocycles. The first-order chi connectivity index (χ1) is 7.59. The van der Waals surface area contributed by atoms with Crippen molar-refractivity contribution in [1.29, 1.82) is 0 Å². The lowest BCUT2D eigenvalue weighted by molar-refractivity contribution is 0.603. The number of nitrogens with one attached hydrogen (secondary N) is 2. The largest absolute Gasteiger partial charge is 0.327 e. The molecule has 0 bridgehead atoms. The molecule has 0 aliphatic carbocycles. The molecule has 16 heavy (non-hydrogen) atoms. The van der Waals surface area contributed by atoms with Gasteiger partial charge < -0.3 is 4.98 Å². The van der Waals surface area contributed by atoms with Gasteiger partial charge in [-0.15, -0.1) is 11.3 Å². The molecule has 2 aromatic heterocycles. The van der Waals surface area contributed by atoms with Crippen LogP contribution in [0, 0.1) is 0 Å². The molecular weight excluding hydrogens is 248 g/mol. The molecular formula is C9H8N2O3S2. The highest BCUT2D eigenvalue weighted by atomic mass is 32.2. The molecule has 2 rings (SSSR count). The first-order valence-electron chi connectivity index (χ1n) is 4.33. The number of aromatic amines is 1. The number of hydrogen-bond donors (Lipinski definition) is 2. The highest BCUT2D eigenvalue weighted by Gasteiger charge is 2.16. The fourth-order valence-electron chi connectivity index (χ4n) is 1.11. The van der Waals surface area contributed by atoms with E-state index in [1.165, 1.54) is 18.3 Å². The van der Waals surface area contributed by atoms with E-state index in [0.29, 0.717) is 0 Å². The number of anilines is 1. The van der Waals surface area contributed by atoms with E-state index in [2.05, 4.69) is 9.71 Å². The molecule has 7 heteroatoms. The highest BCUT2D eigenvalue weighted by Crippen LogP contribution is 2.18. The molecule has 0 radical (unpaired) electrons. The Hall–Kier alpha value is -1.60. The van der Waals surface area contributed by atoms with Gasteiger partial charge in [-0.2, -0.15) is 0 Å². The monoisotopic (exact) mass is 256 g/mol. The van der Waals surface area contributed by atoms with Gasteiger partial charge in [-0.05, 0) is 23.6 Å². The van der Waals surface area contributed by atoms with Crippen LogP contribution in [0.15, 0.2) is 44.8 Å². The van der Waals surface area contributed by atoms with E-state index in [-0.39, 0.29) is 9.90 Å². The third-order valence-electron chi connectivity index (χ3n) is 1.82. The van der Waals surface area contributed by atoms with Crippen LogP contribution in [0.2, 0.25) is 0 Å². The second-order valence-corrected chi connectivity index (χ2v) is 5.81. The molecule has 0 amide bonds. The van der Waals surface area contributed by atoms with Crippen LogP contribution in [-0.2, 0) is 10.0 Å². The van der Waals surface area contributed by atoms with Gasteiger partial charge in [0.2, 0.25) is 0 Å².